The van der Waals surface area contributed by atoms with E-state index in [1.807, 2.05) is 30.3 Å². The van der Waals surface area contributed by atoms with E-state index in [0.717, 1.165) is 58.0 Å². The van der Waals surface area contributed by atoms with Crippen LogP contribution in [0.2, 0.25) is 0 Å². The van der Waals surface area contributed by atoms with Crippen LogP contribution in [0.25, 0.3) is 0 Å². The zero-order valence-corrected chi connectivity index (χ0v) is 17.1. The summed E-state index contributed by atoms with van der Waals surface area (Å²) in [4.78, 5) is 20.1. The molecule has 0 radical (unpaired) electrons. The van der Waals surface area contributed by atoms with Gasteiger partial charge >= 0.3 is 0 Å². The van der Waals surface area contributed by atoms with Crippen molar-refractivity contribution in [3.63, 3.8) is 0 Å². The Morgan fingerprint density at radius 2 is 1.68 bits per heavy atom. The number of nitrogens with zero attached hydrogens (tertiary/aromatic N) is 3. The number of para-hydroxylation sites is 1. The van der Waals surface area contributed by atoms with Gasteiger partial charge < -0.3 is 9.64 Å². The van der Waals surface area contributed by atoms with E-state index < -0.39 is 0 Å². The largest absolute Gasteiger partial charge is 0.492 e. The molecule has 3 fully saturated rings. The highest BCUT2D eigenvalue weighted by molar-refractivity contribution is 5.79. The summed E-state index contributed by atoms with van der Waals surface area (Å²) in [6.07, 6.45) is 7.08. The molecule has 0 unspecified atom stereocenters. The van der Waals surface area contributed by atoms with Gasteiger partial charge in [-0.15, -0.1) is 0 Å². The SMILES string of the molecule is O=C([C@@H]1CCCN(C2CCN(CCOc3ccccc3)CC2)C1)N1CCCC1. The Morgan fingerprint density at radius 3 is 2.43 bits per heavy atom. The first kappa shape index (κ1) is 19.7. The van der Waals surface area contributed by atoms with Crippen LogP contribution in [0.3, 0.4) is 0 Å². The average molecular weight is 386 g/mol. The van der Waals surface area contributed by atoms with Crippen LogP contribution in [0, 0.1) is 5.92 Å². The van der Waals surface area contributed by atoms with Crippen LogP contribution in [0.15, 0.2) is 30.3 Å². The van der Waals surface area contributed by atoms with Gasteiger partial charge in [-0.25, -0.2) is 0 Å². The van der Waals surface area contributed by atoms with Gasteiger partial charge in [0.1, 0.15) is 12.4 Å². The molecule has 3 aliphatic heterocycles. The molecule has 1 aromatic carbocycles. The zero-order valence-electron chi connectivity index (χ0n) is 17.1. The second-order valence-corrected chi connectivity index (χ2v) is 8.60. The lowest BCUT2D eigenvalue weighted by Gasteiger charge is -2.42. The average Bonchev–Trinajstić information content (AvgIpc) is 3.30. The van der Waals surface area contributed by atoms with Gasteiger partial charge in [-0.2, -0.15) is 0 Å². The number of piperidine rings is 2. The fourth-order valence-electron chi connectivity index (χ4n) is 5.05. The summed E-state index contributed by atoms with van der Waals surface area (Å²) >= 11 is 0. The summed E-state index contributed by atoms with van der Waals surface area (Å²) < 4.78 is 5.85. The van der Waals surface area contributed by atoms with Crippen LogP contribution in [-0.2, 0) is 4.79 Å². The number of amides is 1. The predicted molar refractivity (Wildman–Crippen MR) is 112 cm³/mol. The molecule has 0 spiro atoms. The van der Waals surface area contributed by atoms with Crippen molar-refractivity contribution in [2.75, 3.05) is 52.4 Å². The molecular weight excluding hydrogens is 350 g/mol. The van der Waals surface area contributed by atoms with E-state index in [1.165, 1.54) is 38.6 Å². The molecule has 0 saturated carbocycles. The number of hydrogen-bond donors (Lipinski definition) is 0. The molecule has 28 heavy (non-hydrogen) atoms. The number of hydrogen-bond acceptors (Lipinski definition) is 4. The molecule has 154 valence electrons. The monoisotopic (exact) mass is 385 g/mol. The van der Waals surface area contributed by atoms with Crippen molar-refractivity contribution in [2.24, 2.45) is 5.92 Å². The number of benzene rings is 1. The van der Waals surface area contributed by atoms with Gasteiger partial charge in [0.25, 0.3) is 0 Å². The van der Waals surface area contributed by atoms with Crippen LogP contribution in [0.4, 0.5) is 0 Å². The summed E-state index contributed by atoms with van der Waals surface area (Å²) in [5, 5.41) is 0. The molecule has 5 nitrogen and oxygen atoms in total. The number of likely N-dealkylation sites (tertiary alicyclic amines) is 3. The highest BCUT2D eigenvalue weighted by atomic mass is 16.5. The molecule has 4 rings (SSSR count). The van der Waals surface area contributed by atoms with Crippen LogP contribution in [0.5, 0.6) is 5.75 Å². The van der Waals surface area contributed by atoms with E-state index in [4.69, 9.17) is 4.74 Å². The molecule has 0 N–H and O–H groups in total. The van der Waals surface area contributed by atoms with Crippen molar-refractivity contribution < 1.29 is 9.53 Å². The third-order valence-electron chi connectivity index (χ3n) is 6.71. The first-order chi connectivity index (χ1) is 13.8. The van der Waals surface area contributed by atoms with Crippen LogP contribution in [0.1, 0.15) is 38.5 Å². The topological polar surface area (TPSA) is 36.0 Å². The van der Waals surface area contributed by atoms with E-state index in [2.05, 4.69) is 14.7 Å². The van der Waals surface area contributed by atoms with Crippen molar-refractivity contribution >= 4 is 5.91 Å². The van der Waals surface area contributed by atoms with Crippen molar-refractivity contribution in [1.82, 2.24) is 14.7 Å². The van der Waals surface area contributed by atoms with E-state index >= 15 is 0 Å². The third-order valence-corrected chi connectivity index (χ3v) is 6.71. The fourth-order valence-corrected chi connectivity index (χ4v) is 5.05. The van der Waals surface area contributed by atoms with Crippen molar-refractivity contribution in [3.05, 3.63) is 30.3 Å². The summed E-state index contributed by atoms with van der Waals surface area (Å²) in [7, 11) is 0. The first-order valence-electron chi connectivity index (χ1n) is 11.2. The summed E-state index contributed by atoms with van der Waals surface area (Å²) in [5.74, 6) is 1.63. The van der Waals surface area contributed by atoms with Gasteiger partial charge in [-0.1, -0.05) is 18.2 Å². The molecule has 1 amide bonds. The van der Waals surface area contributed by atoms with E-state index in [9.17, 15) is 4.79 Å². The molecule has 1 atom stereocenters. The predicted octanol–water partition coefficient (Wildman–Crippen LogP) is 2.86. The van der Waals surface area contributed by atoms with Crippen molar-refractivity contribution in [3.8, 4) is 5.75 Å². The van der Waals surface area contributed by atoms with Gasteiger partial charge in [0.15, 0.2) is 0 Å². The quantitative estimate of drug-likeness (QED) is 0.754. The Labute approximate surface area is 169 Å². The van der Waals surface area contributed by atoms with Crippen LogP contribution in [-0.4, -0.2) is 79.1 Å². The highest BCUT2D eigenvalue weighted by Gasteiger charge is 2.34. The Hall–Kier alpha value is -1.59. The number of rotatable bonds is 6. The lowest BCUT2D eigenvalue weighted by Crippen LogP contribution is -2.51. The zero-order chi connectivity index (χ0) is 19.2. The van der Waals surface area contributed by atoms with Crippen molar-refractivity contribution in [1.29, 1.82) is 0 Å². The van der Waals surface area contributed by atoms with Crippen LogP contribution >= 0.6 is 0 Å². The number of carbonyl (C=O) groups is 1. The van der Waals surface area contributed by atoms with Crippen LogP contribution < -0.4 is 4.74 Å². The highest BCUT2D eigenvalue weighted by Crippen LogP contribution is 2.26. The minimum Gasteiger partial charge on any atom is -0.492 e. The smallest absolute Gasteiger partial charge is 0.226 e. The minimum atomic E-state index is 0.240. The Balaban J connectivity index is 1.18. The lowest BCUT2D eigenvalue weighted by molar-refractivity contribution is -0.136. The molecule has 5 heteroatoms. The molecule has 1 aromatic rings. The minimum absolute atomic E-state index is 0.240. The maximum atomic E-state index is 12.8. The number of ether oxygens (including phenoxy) is 1. The molecule has 3 heterocycles. The van der Waals surface area contributed by atoms with Crippen molar-refractivity contribution in [2.45, 2.75) is 44.6 Å². The second kappa shape index (κ2) is 9.75. The maximum Gasteiger partial charge on any atom is 0.226 e. The van der Waals surface area contributed by atoms with E-state index in [0.29, 0.717) is 11.9 Å². The summed E-state index contributed by atoms with van der Waals surface area (Å²) in [6, 6.07) is 10.7. The van der Waals surface area contributed by atoms with Gasteiger partial charge in [0.05, 0.1) is 5.92 Å². The Kier molecular flexibility index (Phi) is 6.86. The molecule has 3 saturated heterocycles. The summed E-state index contributed by atoms with van der Waals surface area (Å²) in [6.45, 7) is 8.16. The molecule has 0 bridgehead atoms. The van der Waals surface area contributed by atoms with Gasteiger partial charge in [0, 0.05) is 32.2 Å². The molecule has 0 aromatic heterocycles. The third kappa shape index (κ3) is 5.06. The van der Waals surface area contributed by atoms with Gasteiger partial charge in [-0.05, 0) is 70.3 Å². The Morgan fingerprint density at radius 1 is 0.929 bits per heavy atom. The normalized spacial score (nSPS) is 25.1. The van der Waals surface area contributed by atoms with Gasteiger partial charge in [0.2, 0.25) is 5.91 Å². The molecule has 3 aliphatic rings. The molecule has 0 aliphatic carbocycles. The Bertz CT molecular complexity index is 610. The first-order valence-corrected chi connectivity index (χ1v) is 11.2. The van der Waals surface area contributed by atoms with Gasteiger partial charge in [-0.3, -0.25) is 14.6 Å². The second-order valence-electron chi connectivity index (χ2n) is 8.60. The standard InChI is InChI=1S/C23H35N3O2/c27-23(25-12-4-5-13-25)20-7-6-14-26(19-20)21-10-15-24(16-11-21)17-18-28-22-8-2-1-3-9-22/h1-3,8-9,20-21H,4-7,10-19H2/t20-/m1/s1. The van der Waals surface area contributed by atoms with E-state index in [1.54, 1.807) is 0 Å². The molecular formula is C23H35N3O2. The number of carbonyl (C=O) groups excluding carboxylic acids is 1. The maximum absolute atomic E-state index is 12.8. The fraction of sp³-hybridized carbons (Fsp3) is 0.696. The lowest BCUT2D eigenvalue weighted by atomic mass is 9.93. The summed E-state index contributed by atoms with van der Waals surface area (Å²) in [5.41, 5.74) is 0. The van der Waals surface area contributed by atoms with E-state index in [-0.39, 0.29) is 5.92 Å².